The summed E-state index contributed by atoms with van der Waals surface area (Å²) in [5.41, 5.74) is 7.56. The molecule has 2 rings (SSSR count). The Morgan fingerprint density at radius 3 is 2.60 bits per heavy atom. The second-order valence-electron chi connectivity index (χ2n) is 4.94. The fraction of sp³-hybridized carbons (Fsp3) is 0.357. The number of carbonyl (C=O) groups excluding carboxylic acids is 1. The summed E-state index contributed by atoms with van der Waals surface area (Å²) in [5.74, 6) is -1.19. The summed E-state index contributed by atoms with van der Waals surface area (Å²) < 4.78 is 0. The van der Waals surface area contributed by atoms with Gasteiger partial charge in [0.05, 0.1) is 0 Å². The van der Waals surface area contributed by atoms with Crippen LogP contribution in [0.25, 0.3) is 0 Å². The predicted octanol–water partition coefficient (Wildman–Crippen LogP) is 1.46. The Labute approximate surface area is 116 Å². The van der Waals surface area contributed by atoms with Gasteiger partial charge in [-0.15, -0.1) is 0 Å². The third kappa shape index (κ3) is 2.24. The first kappa shape index (κ1) is 14.0. The summed E-state index contributed by atoms with van der Waals surface area (Å²) in [6.07, 6.45) is 0.968. The molecule has 4 N–H and O–H groups in total. The molecule has 1 aromatic carbocycles. The van der Waals surface area contributed by atoms with Crippen molar-refractivity contribution in [1.29, 1.82) is 0 Å². The Kier molecular flexibility index (Phi) is 3.74. The number of amides is 2. The van der Waals surface area contributed by atoms with E-state index in [9.17, 15) is 14.7 Å². The minimum atomic E-state index is -1.00. The van der Waals surface area contributed by atoms with Crippen molar-refractivity contribution in [3.05, 3.63) is 35.9 Å². The van der Waals surface area contributed by atoms with Crippen LogP contribution in [0.5, 0.6) is 0 Å². The van der Waals surface area contributed by atoms with E-state index in [-0.39, 0.29) is 5.92 Å². The van der Waals surface area contributed by atoms with Gasteiger partial charge in [0.15, 0.2) is 0 Å². The quantitative estimate of drug-likeness (QED) is 0.727. The molecule has 1 aliphatic carbocycles. The normalized spacial score (nSPS) is 27.4. The highest BCUT2D eigenvalue weighted by molar-refractivity contribution is 5.99. The number of carboxylic acids is 1. The molecule has 1 fully saturated rings. The van der Waals surface area contributed by atoms with E-state index in [0.717, 1.165) is 5.56 Å². The molecule has 6 nitrogen and oxygen atoms in total. The first-order valence-corrected chi connectivity index (χ1v) is 6.39. The number of urea groups is 1. The van der Waals surface area contributed by atoms with Gasteiger partial charge < -0.3 is 10.8 Å². The molecule has 0 saturated heterocycles. The molecule has 20 heavy (non-hydrogen) atoms. The van der Waals surface area contributed by atoms with E-state index < -0.39 is 17.4 Å². The molecule has 0 aromatic heterocycles. The predicted molar refractivity (Wildman–Crippen MR) is 74.3 cm³/mol. The van der Waals surface area contributed by atoms with Gasteiger partial charge in [-0.25, -0.2) is 10.2 Å². The highest BCUT2D eigenvalue weighted by Crippen LogP contribution is 2.44. The summed E-state index contributed by atoms with van der Waals surface area (Å²) in [6, 6.07) is 8.37. The van der Waals surface area contributed by atoms with Crippen molar-refractivity contribution in [3.63, 3.8) is 0 Å². The fourth-order valence-electron chi connectivity index (χ4n) is 2.87. The number of rotatable bonds is 3. The number of carbonyl (C=O) groups is 2. The van der Waals surface area contributed by atoms with Gasteiger partial charge in [0, 0.05) is 11.6 Å². The van der Waals surface area contributed by atoms with E-state index >= 15 is 0 Å². The van der Waals surface area contributed by atoms with Crippen LogP contribution in [0.15, 0.2) is 35.4 Å². The van der Waals surface area contributed by atoms with Gasteiger partial charge in [0.2, 0.25) is 0 Å². The van der Waals surface area contributed by atoms with Crippen LogP contribution >= 0.6 is 0 Å². The van der Waals surface area contributed by atoms with Crippen molar-refractivity contribution in [2.24, 2.45) is 16.8 Å². The largest absolute Gasteiger partial charge is 0.481 e. The maximum atomic E-state index is 11.9. The molecule has 2 unspecified atom stereocenters. The van der Waals surface area contributed by atoms with Gasteiger partial charge in [-0.05, 0) is 18.4 Å². The first-order valence-electron chi connectivity index (χ1n) is 6.39. The van der Waals surface area contributed by atoms with E-state index in [1.54, 1.807) is 0 Å². The minimum absolute atomic E-state index is 0.311. The summed E-state index contributed by atoms with van der Waals surface area (Å²) in [6.45, 7) is 1.82. The molecule has 1 aliphatic rings. The van der Waals surface area contributed by atoms with E-state index in [2.05, 4.69) is 10.5 Å². The molecule has 2 amide bonds. The van der Waals surface area contributed by atoms with E-state index in [1.807, 2.05) is 37.3 Å². The minimum Gasteiger partial charge on any atom is -0.481 e. The molecule has 2 atom stereocenters. The molecule has 6 heteroatoms. The number of carboxylic acid groups (broad SMARTS) is 1. The molecular weight excluding hydrogens is 258 g/mol. The maximum absolute atomic E-state index is 11.9. The first-order chi connectivity index (χ1) is 9.48. The zero-order valence-electron chi connectivity index (χ0n) is 11.2. The van der Waals surface area contributed by atoms with Crippen molar-refractivity contribution in [2.45, 2.75) is 25.2 Å². The highest BCUT2D eigenvalue weighted by Gasteiger charge is 2.51. The van der Waals surface area contributed by atoms with E-state index in [0.29, 0.717) is 18.6 Å². The van der Waals surface area contributed by atoms with Crippen LogP contribution < -0.4 is 11.2 Å². The van der Waals surface area contributed by atoms with E-state index in [1.165, 1.54) is 0 Å². The molecule has 0 radical (unpaired) electrons. The maximum Gasteiger partial charge on any atom is 0.332 e. The van der Waals surface area contributed by atoms with Crippen LogP contribution in [-0.2, 0) is 10.2 Å². The Morgan fingerprint density at radius 1 is 1.40 bits per heavy atom. The van der Waals surface area contributed by atoms with Gasteiger partial charge >= 0.3 is 12.0 Å². The molecule has 0 spiro atoms. The lowest BCUT2D eigenvalue weighted by Crippen LogP contribution is -2.40. The van der Waals surface area contributed by atoms with E-state index in [4.69, 9.17) is 5.73 Å². The summed E-state index contributed by atoms with van der Waals surface area (Å²) in [7, 11) is 0. The average Bonchev–Trinajstić information content (AvgIpc) is 2.75. The van der Waals surface area contributed by atoms with Gasteiger partial charge in [-0.1, -0.05) is 37.3 Å². The van der Waals surface area contributed by atoms with Crippen LogP contribution in [0.2, 0.25) is 0 Å². The van der Waals surface area contributed by atoms with Crippen LogP contribution in [0, 0.1) is 5.92 Å². The number of hydrogen-bond acceptors (Lipinski definition) is 3. The number of nitrogens with one attached hydrogen (secondary N) is 1. The molecule has 1 aromatic rings. The number of benzene rings is 1. The van der Waals surface area contributed by atoms with Gasteiger partial charge in [0.1, 0.15) is 5.41 Å². The van der Waals surface area contributed by atoms with Gasteiger partial charge in [0.25, 0.3) is 0 Å². The smallest absolute Gasteiger partial charge is 0.332 e. The topological polar surface area (TPSA) is 105 Å². The number of hydrazone groups is 1. The number of hydrogen-bond donors (Lipinski definition) is 3. The number of primary amides is 1. The Hall–Kier alpha value is -2.37. The fourth-order valence-corrected chi connectivity index (χ4v) is 2.87. The van der Waals surface area contributed by atoms with Gasteiger partial charge in [-0.3, -0.25) is 4.79 Å². The van der Waals surface area contributed by atoms with Crippen LogP contribution in [0.4, 0.5) is 4.79 Å². The molecule has 106 valence electrons. The van der Waals surface area contributed by atoms with Gasteiger partial charge in [-0.2, -0.15) is 5.10 Å². The van der Waals surface area contributed by atoms with Crippen LogP contribution in [0.3, 0.4) is 0 Å². The summed E-state index contributed by atoms with van der Waals surface area (Å²) >= 11 is 0. The zero-order valence-corrected chi connectivity index (χ0v) is 11.2. The van der Waals surface area contributed by atoms with Crippen molar-refractivity contribution >= 4 is 17.7 Å². The van der Waals surface area contributed by atoms with Crippen molar-refractivity contribution in [3.8, 4) is 0 Å². The van der Waals surface area contributed by atoms with Crippen molar-refractivity contribution in [1.82, 2.24) is 5.43 Å². The Balaban J connectivity index is 2.39. The van der Waals surface area contributed by atoms with Crippen molar-refractivity contribution in [2.75, 3.05) is 0 Å². The van der Waals surface area contributed by atoms with Crippen molar-refractivity contribution < 1.29 is 14.7 Å². The second kappa shape index (κ2) is 5.32. The number of nitrogens with zero attached hydrogens (tertiary/aromatic N) is 1. The molecule has 1 saturated carbocycles. The Morgan fingerprint density at radius 2 is 2.05 bits per heavy atom. The lowest BCUT2D eigenvalue weighted by Gasteiger charge is -2.29. The lowest BCUT2D eigenvalue weighted by molar-refractivity contribution is -0.144. The van der Waals surface area contributed by atoms with Crippen LogP contribution in [0.1, 0.15) is 25.3 Å². The number of aliphatic carboxylic acids is 1. The average molecular weight is 275 g/mol. The third-order valence-corrected chi connectivity index (χ3v) is 3.99. The third-order valence-electron chi connectivity index (χ3n) is 3.99. The highest BCUT2D eigenvalue weighted by atomic mass is 16.4. The molecule has 0 heterocycles. The molecule has 0 bridgehead atoms. The second-order valence-corrected chi connectivity index (χ2v) is 4.94. The molecule has 0 aliphatic heterocycles. The zero-order chi connectivity index (χ0) is 14.8. The Bertz CT molecular complexity index is 556. The monoisotopic (exact) mass is 275 g/mol. The lowest BCUT2D eigenvalue weighted by atomic mass is 9.73. The van der Waals surface area contributed by atoms with Crippen LogP contribution in [-0.4, -0.2) is 22.8 Å². The molecular formula is C14H17N3O3. The summed E-state index contributed by atoms with van der Waals surface area (Å²) in [4.78, 5) is 22.6. The summed E-state index contributed by atoms with van der Waals surface area (Å²) in [5, 5.41) is 13.7. The SMILES string of the molecule is CC1C(=NNC(N)=O)CCC1(C(=O)O)c1ccccc1. The standard InChI is InChI=1S/C14H17N3O3/c1-9-11(16-17-13(15)20)7-8-14(9,12(18)19)10-5-3-2-4-6-10/h2-6,9H,7-8H2,1H3,(H,18,19)(H3,15,17,20). The number of nitrogens with two attached hydrogens (primary N) is 1.